The Labute approximate surface area is 310 Å². The van der Waals surface area contributed by atoms with Crippen LogP contribution in [0.2, 0.25) is 0 Å². The molecule has 300 valence electrons. The predicted molar refractivity (Wildman–Crippen MR) is 182 cm³/mol. The van der Waals surface area contributed by atoms with Crippen molar-refractivity contribution in [2.75, 3.05) is 33.0 Å². The van der Waals surface area contributed by atoms with Crippen LogP contribution in [-0.2, 0) is 43.1 Å². The van der Waals surface area contributed by atoms with Crippen molar-refractivity contribution in [2.45, 2.75) is 102 Å². The van der Waals surface area contributed by atoms with E-state index < -0.39 is 75.8 Å². The van der Waals surface area contributed by atoms with E-state index in [1.165, 1.54) is 0 Å². The Morgan fingerprint density at radius 1 is 0.981 bits per heavy atom. The van der Waals surface area contributed by atoms with Gasteiger partial charge in [0, 0.05) is 29.6 Å². The average molecular weight is 768 g/mol. The number of fused-ring (bicyclic) bond motifs is 5. The van der Waals surface area contributed by atoms with Crippen molar-refractivity contribution in [2.24, 2.45) is 28.6 Å². The normalized spacial score (nSPS) is 30.0. The number of hydrogen-bond donors (Lipinski definition) is 3. The van der Waals surface area contributed by atoms with E-state index in [4.69, 9.17) is 14.2 Å². The van der Waals surface area contributed by atoms with Gasteiger partial charge in [0.2, 0.25) is 11.7 Å². The summed E-state index contributed by atoms with van der Waals surface area (Å²) in [5, 5.41) is 44.5. The summed E-state index contributed by atoms with van der Waals surface area (Å²) >= 11 is 0. The van der Waals surface area contributed by atoms with E-state index in [-0.39, 0.29) is 75.5 Å². The zero-order valence-corrected chi connectivity index (χ0v) is 30.4. The minimum atomic E-state index is -1.92. The number of aliphatic hydroxyl groups is 2. The quantitative estimate of drug-likeness (QED) is 0.0528. The molecule has 0 heterocycles. The van der Waals surface area contributed by atoms with Crippen molar-refractivity contribution in [3.63, 3.8) is 0 Å². The molecule has 0 saturated heterocycles. The monoisotopic (exact) mass is 767 g/mol. The van der Waals surface area contributed by atoms with Gasteiger partial charge in [-0.25, -0.2) is 9.59 Å². The molecule has 8 atom stereocenters. The summed E-state index contributed by atoms with van der Waals surface area (Å²) in [6.45, 7) is 1.63. The van der Waals surface area contributed by atoms with Gasteiger partial charge in [0.15, 0.2) is 18.4 Å². The fourth-order valence-electron chi connectivity index (χ4n) is 8.89. The third-order valence-corrected chi connectivity index (χ3v) is 11.6. The number of carbonyl (C=O) groups is 5. The van der Waals surface area contributed by atoms with Crippen LogP contribution in [0.4, 0.5) is 4.79 Å². The molecule has 4 aliphatic carbocycles. The van der Waals surface area contributed by atoms with E-state index in [2.05, 4.69) is 21.1 Å². The summed E-state index contributed by atoms with van der Waals surface area (Å²) in [6.07, 6.45) is 6.14. The van der Waals surface area contributed by atoms with Crippen LogP contribution in [0.3, 0.4) is 0 Å². The van der Waals surface area contributed by atoms with Gasteiger partial charge in [0.05, 0.1) is 25.9 Å². The van der Waals surface area contributed by atoms with E-state index in [9.17, 15) is 54.4 Å². The van der Waals surface area contributed by atoms with Crippen LogP contribution >= 0.6 is 0 Å². The van der Waals surface area contributed by atoms with Crippen LogP contribution in [0.1, 0.15) is 84.5 Å². The molecule has 0 radical (unpaired) electrons. The van der Waals surface area contributed by atoms with Gasteiger partial charge in [-0.3, -0.25) is 14.4 Å². The van der Waals surface area contributed by atoms with Gasteiger partial charge in [-0.15, -0.1) is 20.2 Å². The highest BCUT2D eigenvalue weighted by Gasteiger charge is 2.68. The first-order valence-electron chi connectivity index (χ1n) is 18.2. The Hall–Kier alpha value is -4.65. The number of ketones is 2. The molecule has 0 aliphatic heterocycles. The fraction of sp³-hybridized carbons (Fsp3) is 0.743. The molecule has 3 N–H and O–H groups in total. The van der Waals surface area contributed by atoms with E-state index in [0.29, 0.717) is 38.5 Å². The molecule has 0 bridgehead atoms. The fourth-order valence-corrected chi connectivity index (χ4v) is 8.89. The highest BCUT2D eigenvalue weighted by atomic mass is 17.0. The van der Waals surface area contributed by atoms with Crippen LogP contribution in [-0.4, -0.2) is 101 Å². The van der Waals surface area contributed by atoms with Crippen molar-refractivity contribution >= 4 is 29.6 Å². The minimum Gasteiger partial charge on any atom is -0.464 e. The summed E-state index contributed by atoms with van der Waals surface area (Å²) in [7, 11) is 0. The molecule has 4 aliphatic rings. The number of unbranched alkanes of at least 4 members (excludes halogenated alkanes) is 3. The first-order valence-corrected chi connectivity index (χ1v) is 18.2. The number of ether oxygens (including phenoxy) is 3. The first-order chi connectivity index (χ1) is 25.5. The molecule has 2 fully saturated rings. The zero-order chi connectivity index (χ0) is 39.7. The van der Waals surface area contributed by atoms with Crippen molar-refractivity contribution in [1.82, 2.24) is 5.32 Å². The largest absolute Gasteiger partial charge is 0.508 e. The number of allylic oxidation sites excluding steroid dienone is 4. The molecule has 1 amide bonds. The van der Waals surface area contributed by atoms with Crippen molar-refractivity contribution in [3.05, 3.63) is 44.0 Å². The van der Waals surface area contributed by atoms with Crippen molar-refractivity contribution in [3.8, 4) is 0 Å². The number of nitrogens with zero attached hydrogens (tertiary/aromatic N) is 2. The Balaban J connectivity index is 1.31. The Morgan fingerprint density at radius 3 is 2.33 bits per heavy atom. The van der Waals surface area contributed by atoms with Crippen molar-refractivity contribution < 1.29 is 68.2 Å². The molecular weight excluding hydrogens is 718 g/mol. The number of carbonyl (C=O) groups excluding carboxylic acids is 5. The summed E-state index contributed by atoms with van der Waals surface area (Å²) in [5.41, 5.74) is -2.51. The van der Waals surface area contributed by atoms with E-state index in [1.807, 2.05) is 13.0 Å². The third kappa shape index (κ3) is 9.71. The molecule has 19 heteroatoms. The maximum absolute atomic E-state index is 13.6. The van der Waals surface area contributed by atoms with E-state index in [1.54, 1.807) is 13.0 Å². The second-order valence-electron chi connectivity index (χ2n) is 14.8. The molecule has 2 saturated carbocycles. The van der Waals surface area contributed by atoms with Crippen LogP contribution in [0.25, 0.3) is 0 Å². The van der Waals surface area contributed by atoms with Gasteiger partial charge in [-0.2, -0.15) is 0 Å². The van der Waals surface area contributed by atoms with Crippen LogP contribution in [0.5, 0.6) is 0 Å². The average Bonchev–Trinajstić information content (AvgIpc) is 3.38. The summed E-state index contributed by atoms with van der Waals surface area (Å²) < 4.78 is 15.2. The Bertz CT molecular complexity index is 1520. The second-order valence-corrected chi connectivity index (χ2v) is 14.8. The maximum Gasteiger partial charge on any atom is 0.508 e. The van der Waals surface area contributed by atoms with E-state index in [0.717, 1.165) is 5.57 Å². The predicted octanol–water partition coefficient (Wildman–Crippen LogP) is 2.50. The second kappa shape index (κ2) is 18.1. The molecule has 1 unspecified atom stereocenters. The van der Waals surface area contributed by atoms with Crippen LogP contribution < -0.4 is 5.32 Å². The molecule has 0 aromatic carbocycles. The Kier molecular flexibility index (Phi) is 14.1. The lowest BCUT2D eigenvalue weighted by atomic mass is 9.47. The molecule has 19 nitrogen and oxygen atoms in total. The number of aliphatic hydroxyl groups excluding tert-OH is 1. The number of hydrogen-bond acceptors (Lipinski definition) is 16. The number of rotatable bonds is 20. The molecule has 54 heavy (non-hydrogen) atoms. The number of nitrogens with one attached hydrogen (secondary N) is 1. The highest BCUT2D eigenvalue weighted by Crippen LogP contribution is 2.66. The van der Waals surface area contributed by atoms with Gasteiger partial charge in [-0.1, -0.05) is 38.0 Å². The topological polar surface area (TPSA) is 270 Å². The van der Waals surface area contributed by atoms with Gasteiger partial charge in [-0.05, 0) is 69.3 Å². The molecule has 0 aromatic heterocycles. The minimum absolute atomic E-state index is 0.00884. The number of Topliss-reactive ketones (excluding diaryl/α,β-unsaturated/α-hetero) is 1. The summed E-state index contributed by atoms with van der Waals surface area (Å²) in [6, 6.07) is -1.49. The lowest BCUT2D eigenvalue weighted by Crippen LogP contribution is -2.61. The van der Waals surface area contributed by atoms with E-state index >= 15 is 0 Å². The number of amides is 1. The lowest BCUT2D eigenvalue weighted by molar-refractivity contribution is -0.757. The molecule has 0 spiro atoms. The third-order valence-electron chi connectivity index (χ3n) is 11.6. The lowest BCUT2D eigenvalue weighted by Gasteiger charge is -2.58. The van der Waals surface area contributed by atoms with Crippen molar-refractivity contribution in [1.29, 1.82) is 0 Å². The number of esters is 1. The van der Waals surface area contributed by atoms with Gasteiger partial charge < -0.3 is 39.4 Å². The SMILES string of the molecule is C[C@]12C=CC(=O)CC1=CC[C@@H]1[C@@H]2[C@@H](O)C[C@@]2(C)[C@H]1CC[C@]2(O)C(=O)COC(=O)OCC(NC(=O)CCCCCO[N+](=O)[O-])C(=O)OCCCCO[N+](=O)[O-]. The summed E-state index contributed by atoms with van der Waals surface area (Å²) in [4.78, 5) is 92.7. The van der Waals surface area contributed by atoms with Crippen LogP contribution in [0, 0.1) is 48.8 Å². The zero-order valence-electron chi connectivity index (χ0n) is 30.4. The molecular formula is C35H49N3O16. The van der Waals surface area contributed by atoms with Crippen LogP contribution in [0.15, 0.2) is 23.8 Å². The maximum atomic E-state index is 13.6. The van der Waals surface area contributed by atoms with Gasteiger partial charge in [0.1, 0.15) is 12.2 Å². The smallest absolute Gasteiger partial charge is 0.464 e. The Morgan fingerprint density at radius 2 is 1.65 bits per heavy atom. The van der Waals surface area contributed by atoms with Gasteiger partial charge in [0.25, 0.3) is 10.2 Å². The van der Waals surface area contributed by atoms with Gasteiger partial charge >= 0.3 is 12.1 Å². The first kappa shape index (κ1) is 42.1. The summed E-state index contributed by atoms with van der Waals surface area (Å²) in [5.74, 6) is -2.78. The molecule has 4 rings (SSSR count). The highest BCUT2D eigenvalue weighted by molar-refractivity contribution is 5.93. The molecule has 0 aromatic rings. The standard InChI is InChI=1S/C35H49N3O16/c1-33-13-11-23(39)18-22(33)9-10-24-25-12-14-35(45,34(25,2)19-27(40)30(24)33)28(41)21-52-32(44)51-20-26(31(43)50-15-6-7-17-54-38(48)49)36-29(42)8-4-3-5-16-53-37(46)47/h9,11,13,24-27,30,40,45H,3-8,10,12,14-21H2,1-2H3,(H,36,42)/t24-,25-,26?,27-,30+,33-,34-,35-/m0/s1.